The van der Waals surface area contributed by atoms with Gasteiger partial charge in [-0.25, -0.2) is 0 Å². The van der Waals surface area contributed by atoms with Crippen LogP contribution >= 0.6 is 23.4 Å². The molecule has 0 fully saturated rings. The van der Waals surface area contributed by atoms with Crippen LogP contribution < -0.4 is 15.2 Å². The number of benzene rings is 2. The molecule has 0 heterocycles. The fourth-order valence-corrected chi connectivity index (χ4v) is 4.66. The summed E-state index contributed by atoms with van der Waals surface area (Å²) in [7, 11) is 0. The molecule has 0 saturated heterocycles. The summed E-state index contributed by atoms with van der Waals surface area (Å²) in [5.41, 5.74) is 7.02. The van der Waals surface area contributed by atoms with Gasteiger partial charge in [0.1, 0.15) is 28.3 Å². The van der Waals surface area contributed by atoms with Crippen LogP contribution in [0.15, 0.2) is 34.1 Å². The zero-order valence-electron chi connectivity index (χ0n) is 19.5. The second-order valence-corrected chi connectivity index (χ2v) is 9.16. The van der Waals surface area contributed by atoms with Crippen molar-refractivity contribution < 1.29 is 9.47 Å². The molecule has 2 aromatic rings. The number of nitrogens with zero attached hydrogens (tertiary/aromatic N) is 2. The van der Waals surface area contributed by atoms with E-state index in [0.717, 1.165) is 56.3 Å². The number of nitrogen functional groups attached to an aromatic ring is 1. The van der Waals surface area contributed by atoms with E-state index in [2.05, 4.69) is 26.0 Å². The van der Waals surface area contributed by atoms with Gasteiger partial charge in [0.2, 0.25) is 0 Å². The summed E-state index contributed by atoms with van der Waals surface area (Å²) < 4.78 is 12.0. The largest absolute Gasteiger partial charge is 0.491 e. The van der Waals surface area contributed by atoms with Crippen molar-refractivity contribution in [3.05, 3.63) is 40.4 Å². The molecular formula is C26H32ClN3O2S. The van der Waals surface area contributed by atoms with Crippen molar-refractivity contribution in [2.75, 3.05) is 18.9 Å². The first-order valence-corrected chi connectivity index (χ1v) is 12.8. The number of unbranched alkanes of at least 4 members (excludes halogenated alkanes) is 6. The summed E-state index contributed by atoms with van der Waals surface area (Å²) in [5, 5.41) is 20.1. The molecule has 0 unspecified atom stereocenters. The number of nitrogens with two attached hydrogens (primary N) is 1. The Morgan fingerprint density at radius 1 is 0.848 bits per heavy atom. The number of nitriles is 2. The van der Waals surface area contributed by atoms with Gasteiger partial charge < -0.3 is 15.2 Å². The third-order valence-corrected chi connectivity index (χ3v) is 6.81. The topological polar surface area (TPSA) is 92.1 Å². The highest BCUT2D eigenvalue weighted by atomic mass is 35.5. The minimum atomic E-state index is 0.118. The average molecular weight is 486 g/mol. The molecule has 2 rings (SSSR count). The van der Waals surface area contributed by atoms with Gasteiger partial charge in [-0.3, -0.25) is 0 Å². The summed E-state index contributed by atoms with van der Waals surface area (Å²) in [6.45, 7) is 5.15. The highest BCUT2D eigenvalue weighted by Gasteiger charge is 2.27. The molecule has 0 radical (unpaired) electrons. The van der Waals surface area contributed by atoms with E-state index < -0.39 is 0 Å². The van der Waals surface area contributed by atoms with E-state index >= 15 is 0 Å². The predicted molar refractivity (Wildman–Crippen MR) is 135 cm³/mol. The summed E-state index contributed by atoms with van der Waals surface area (Å²) >= 11 is 8.13. The lowest BCUT2D eigenvalue weighted by Gasteiger charge is -2.19. The number of hydrogen-bond acceptors (Lipinski definition) is 6. The molecule has 0 saturated carbocycles. The lowest BCUT2D eigenvalue weighted by molar-refractivity contribution is 0.289. The van der Waals surface area contributed by atoms with Crippen molar-refractivity contribution in [3.8, 4) is 23.6 Å². The quantitative estimate of drug-likeness (QED) is 0.217. The van der Waals surface area contributed by atoms with Crippen LogP contribution in [-0.2, 0) is 0 Å². The first-order chi connectivity index (χ1) is 16.1. The third-order valence-electron chi connectivity index (χ3n) is 5.15. The molecule has 2 N–H and O–H groups in total. The minimum Gasteiger partial charge on any atom is -0.491 e. The Kier molecular flexibility index (Phi) is 11.8. The van der Waals surface area contributed by atoms with Crippen LogP contribution in [0, 0.1) is 22.7 Å². The Morgan fingerprint density at radius 2 is 1.39 bits per heavy atom. The molecule has 0 aliphatic heterocycles. The van der Waals surface area contributed by atoms with Gasteiger partial charge in [0.15, 0.2) is 11.5 Å². The van der Waals surface area contributed by atoms with Crippen molar-refractivity contribution >= 4 is 29.1 Å². The van der Waals surface area contributed by atoms with E-state index in [0.29, 0.717) is 29.5 Å². The number of para-hydroxylation sites is 1. The number of halogens is 1. The fraction of sp³-hybridized carbons (Fsp3) is 0.462. The lowest BCUT2D eigenvalue weighted by atomic mass is 10.1. The number of rotatable bonds is 14. The SMILES string of the molecule is CCCCCCOc1c(Cl)c(Sc2ccccc2N)c(OCCCCCC)c(C#N)c1C#N. The van der Waals surface area contributed by atoms with Crippen molar-refractivity contribution in [3.63, 3.8) is 0 Å². The van der Waals surface area contributed by atoms with Crippen LogP contribution in [0.3, 0.4) is 0 Å². The molecule has 0 bridgehead atoms. The van der Waals surface area contributed by atoms with E-state index in [9.17, 15) is 10.5 Å². The minimum absolute atomic E-state index is 0.118. The Labute approximate surface area is 206 Å². The summed E-state index contributed by atoms with van der Waals surface area (Å²) in [4.78, 5) is 1.34. The van der Waals surface area contributed by atoms with E-state index in [4.69, 9.17) is 26.8 Å². The zero-order chi connectivity index (χ0) is 24.1. The molecule has 176 valence electrons. The van der Waals surface area contributed by atoms with Crippen LogP contribution in [0.2, 0.25) is 5.02 Å². The van der Waals surface area contributed by atoms with Crippen LogP contribution in [0.25, 0.3) is 0 Å². The molecule has 5 nitrogen and oxygen atoms in total. The zero-order valence-corrected chi connectivity index (χ0v) is 21.0. The Hall–Kier alpha value is -2.54. The van der Waals surface area contributed by atoms with Crippen LogP contribution in [0.4, 0.5) is 5.69 Å². The highest BCUT2D eigenvalue weighted by molar-refractivity contribution is 7.99. The number of ether oxygens (including phenoxy) is 2. The molecular weight excluding hydrogens is 454 g/mol. The van der Waals surface area contributed by atoms with Gasteiger partial charge in [0, 0.05) is 10.6 Å². The number of hydrogen-bond donors (Lipinski definition) is 1. The smallest absolute Gasteiger partial charge is 0.158 e. The van der Waals surface area contributed by atoms with Gasteiger partial charge in [0.05, 0.1) is 18.1 Å². The first-order valence-electron chi connectivity index (χ1n) is 11.6. The van der Waals surface area contributed by atoms with Crippen molar-refractivity contribution in [2.24, 2.45) is 0 Å². The molecule has 0 amide bonds. The predicted octanol–water partition coefficient (Wildman–Crippen LogP) is 7.73. The first kappa shape index (κ1) is 26.7. The monoisotopic (exact) mass is 485 g/mol. The van der Waals surface area contributed by atoms with Gasteiger partial charge in [0.25, 0.3) is 0 Å². The fourth-order valence-electron chi connectivity index (χ4n) is 3.32. The van der Waals surface area contributed by atoms with Crippen molar-refractivity contribution in [1.29, 1.82) is 10.5 Å². The van der Waals surface area contributed by atoms with Gasteiger partial charge >= 0.3 is 0 Å². The highest BCUT2D eigenvalue weighted by Crippen LogP contribution is 2.49. The van der Waals surface area contributed by atoms with Crippen LogP contribution in [-0.4, -0.2) is 13.2 Å². The van der Waals surface area contributed by atoms with Gasteiger partial charge in [-0.2, -0.15) is 10.5 Å². The molecule has 33 heavy (non-hydrogen) atoms. The molecule has 2 aromatic carbocycles. The Morgan fingerprint density at radius 3 is 1.94 bits per heavy atom. The standard InChI is InChI=1S/C26H32ClN3O2S/c1-3-5-7-11-15-31-24-19(17-28)20(18-29)25(32-16-12-8-6-4-2)26(23(24)27)33-22-14-10-9-13-21(22)30/h9-10,13-14H,3-8,11-12,15-16,30H2,1-2H3. The second kappa shape index (κ2) is 14.6. The summed E-state index contributed by atoms with van der Waals surface area (Å²) in [6, 6.07) is 11.7. The summed E-state index contributed by atoms with van der Waals surface area (Å²) in [6.07, 6.45) is 8.23. The van der Waals surface area contributed by atoms with Gasteiger partial charge in [-0.1, -0.05) is 87.9 Å². The Bertz CT molecular complexity index is 998. The maximum Gasteiger partial charge on any atom is 0.158 e. The lowest BCUT2D eigenvalue weighted by Crippen LogP contribution is -2.07. The maximum absolute atomic E-state index is 9.96. The maximum atomic E-state index is 9.96. The number of anilines is 1. The van der Waals surface area contributed by atoms with Crippen molar-refractivity contribution in [1.82, 2.24) is 0 Å². The Balaban J connectivity index is 2.48. The van der Waals surface area contributed by atoms with Crippen LogP contribution in [0.5, 0.6) is 11.5 Å². The van der Waals surface area contributed by atoms with E-state index in [1.54, 1.807) is 0 Å². The van der Waals surface area contributed by atoms with Crippen molar-refractivity contribution in [2.45, 2.75) is 75.0 Å². The molecule has 0 aromatic heterocycles. The molecule has 0 aliphatic rings. The van der Waals surface area contributed by atoms with E-state index in [1.807, 2.05) is 24.3 Å². The van der Waals surface area contributed by atoms with E-state index in [1.165, 1.54) is 11.8 Å². The van der Waals surface area contributed by atoms with Crippen LogP contribution in [0.1, 0.15) is 76.3 Å². The molecule has 7 heteroatoms. The normalized spacial score (nSPS) is 10.5. The average Bonchev–Trinajstić information content (AvgIpc) is 2.82. The van der Waals surface area contributed by atoms with E-state index in [-0.39, 0.29) is 21.9 Å². The van der Waals surface area contributed by atoms with Gasteiger partial charge in [-0.15, -0.1) is 0 Å². The third kappa shape index (κ3) is 7.49. The molecule has 0 atom stereocenters. The molecule has 0 aliphatic carbocycles. The second-order valence-electron chi connectivity index (χ2n) is 7.73. The summed E-state index contributed by atoms with van der Waals surface area (Å²) in [5.74, 6) is 0.560. The molecule has 0 spiro atoms. The van der Waals surface area contributed by atoms with Gasteiger partial charge in [-0.05, 0) is 25.0 Å².